The van der Waals surface area contributed by atoms with Gasteiger partial charge in [0.25, 0.3) is 0 Å². The Hall–Kier alpha value is -1.22. The Bertz CT molecular complexity index is 366. The predicted octanol–water partition coefficient (Wildman–Crippen LogP) is 3.65. The van der Waals surface area contributed by atoms with Gasteiger partial charge in [-0.1, -0.05) is 18.9 Å². The maximum atomic E-state index is 11.3. The van der Waals surface area contributed by atoms with Crippen molar-refractivity contribution in [2.75, 3.05) is 19.6 Å². The molecule has 0 aliphatic rings. The number of hydrogen-bond acceptors (Lipinski definition) is 3. The van der Waals surface area contributed by atoms with E-state index in [-0.39, 0.29) is 5.97 Å². The number of unbranched alkanes of at least 4 members (excludes halogenated alkanes) is 3. The molecule has 4 heteroatoms. The minimum absolute atomic E-state index is 0.345. The van der Waals surface area contributed by atoms with Gasteiger partial charge in [-0.3, -0.25) is 0 Å². The Labute approximate surface area is 113 Å². The average Bonchev–Trinajstić information content (AvgIpc) is 2.42. The number of hydrogen-bond donors (Lipinski definition) is 0. The van der Waals surface area contributed by atoms with E-state index in [1.807, 2.05) is 6.07 Å². The summed E-state index contributed by atoms with van der Waals surface area (Å²) in [4.78, 5) is 11.3. The van der Waals surface area contributed by atoms with Gasteiger partial charge in [-0.2, -0.15) is 0 Å². The van der Waals surface area contributed by atoms with Crippen molar-refractivity contribution in [1.29, 1.82) is 0 Å². The Morgan fingerprint density at radius 2 is 2.00 bits per heavy atom. The van der Waals surface area contributed by atoms with E-state index in [1.165, 1.54) is 7.11 Å². The van der Waals surface area contributed by atoms with Gasteiger partial charge in [0.05, 0.1) is 19.3 Å². The molecule has 0 aliphatic carbocycles. The fourth-order valence-electron chi connectivity index (χ4n) is 1.57. The number of rotatable bonds is 8. The average molecular weight is 271 g/mol. The van der Waals surface area contributed by atoms with Crippen molar-refractivity contribution in [2.24, 2.45) is 0 Å². The summed E-state index contributed by atoms with van der Waals surface area (Å²) < 4.78 is 10.2. The Balaban J connectivity index is 2.32. The molecule has 0 fully saturated rings. The van der Waals surface area contributed by atoms with Crippen molar-refractivity contribution in [3.63, 3.8) is 0 Å². The van der Waals surface area contributed by atoms with Crippen LogP contribution in [0.4, 0.5) is 0 Å². The second-order valence-electron chi connectivity index (χ2n) is 3.97. The first-order chi connectivity index (χ1) is 8.77. The molecule has 0 aliphatic heterocycles. The lowest BCUT2D eigenvalue weighted by Gasteiger charge is -2.07. The molecule has 0 N–H and O–H groups in total. The number of carbonyl (C=O) groups excluding carboxylic acids is 1. The maximum absolute atomic E-state index is 11.3. The van der Waals surface area contributed by atoms with Crippen LogP contribution >= 0.6 is 11.6 Å². The molecule has 0 bridgehead atoms. The van der Waals surface area contributed by atoms with E-state index in [0.29, 0.717) is 17.9 Å². The second kappa shape index (κ2) is 8.81. The van der Waals surface area contributed by atoms with E-state index >= 15 is 0 Å². The largest absolute Gasteiger partial charge is 0.494 e. The first-order valence-corrected chi connectivity index (χ1v) is 6.68. The van der Waals surface area contributed by atoms with Crippen molar-refractivity contribution < 1.29 is 14.3 Å². The van der Waals surface area contributed by atoms with Crippen LogP contribution in [0.3, 0.4) is 0 Å². The molecular formula is C14H19ClO3. The van der Waals surface area contributed by atoms with Gasteiger partial charge in [0, 0.05) is 5.88 Å². The topological polar surface area (TPSA) is 35.5 Å². The van der Waals surface area contributed by atoms with Gasteiger partial charge in [0.15, 0.2) is 0 Å². The van der Waals surface area contributed by atoms with Crippen LogP contribution in [0.25, 0.3) is 0 Å². The summed E-state index contributed by atoms with van der Waals surface area (Å²) in [5.41, 5.74) is 0.511. The molecule has 0 saturated heterocycles. The molecule has 0 unspecified atom stereocenters. The van der Waals surface area contributed by atoms with E-state index in [0.717, 1.165) is 31.6 Å². The summed E-state index contributed by atoms with van der Waals surface area (Å²) in [6, 6.07) is 7.03. The lowest BCUT2D eigenvalue weighted by Crippen LogP contribution is -2.02. The highest BCUT2D eigenvalue weighted by molar-refractivity contribution is 6.17. The summed E-state index contributed by atoms with van der Waals surface area (Å²) in [7, 11) is 1.37. The monoisotopic (exact) mass is 270 g/mol. The third-order valence-electron chi connectivity index (χ3n) is 2.55. The van der Waals surface area contributed by atoms with Crippen LogP contribution in [0.1, 0.15) is 36.0 Å². The van der Waals surface area contributed by atoms with Crippen LogP contribution in [0.5, 0.6) is 5.75 Å². The van der Waals surface area contributed by atoms with Gasteiger partial charge >= 0.3 is 5.97 Å². The van der Waals surface area contributed by atoms with Crippen LogP contribution in [-0.4, -0.2) is 25.6 Å². The highest BCUT2D eigenvalue weighted by Gasteiger charge is 2.05. The number of ether oxygens (including phenoxy) is 2. The molecule has 18 heavy (non-hydrogen) atoms. The molecule has 1 rings (SSSR count). The zero-order chi connectivity index (χ0) is 13.2. The van der Waals surface area contributed by atoms with Crippen molar-refractivity contribution >= 4 is 17.6 Å². The van der Waals surface area contributed by atoms with Crippen molar-refractivity contribution in [3.8, 4) is 5.75 Å². The number of alkyl halides is 1. The highest BCUT2D eigenvalue weighted by Crippen LogP contribution is 2.14. The van der Waals surface area contributed by atoms with Gasteiger partial charge in [0.2, 0.25) is 0 Å². The lowest BCUT2D eigenvalue weighted by molar-refractivity contribution is 0.0600. The molecule has 0 aromatic heterocycles. The molecule has 1 aromatic rings. The molecule has 100 valence electrons. The number of methoxy groups -OCH3 is 1. The summed E-state index contributed by atoms with van der Waals surface area (Å²) in [5.74, 6) is 1.08. The predicted molar refractivity (Wildman–Crippen MR) is 72.5 cm³/mol. The third-order valence-corrected chi connectivity index (χ3v) is 2.82. The molecule has 0 radical (unpaired) electrons. The number of halogens is 1. The van der Waals surface area contributed by atoms with Crippen LogP contribution in [-0.2, 0) is 4.74 Å². The summed E-state index contributed by atoms with van der Waals surface area (Å²) in [6.07, 6.45) is 4.30. The first-order valence-electron chi connectivity index (χ1n) is 6.15. The van der Waals surface area contributed by atoms with Crippen LogP contribution in [0.15, 0.2) is 24.3 Å². The lowest BCUT2D eigenvalue weighted by atomic mass is 10.2. The van der Waals surface area contributed by atoms with Crippen molar-refractivity contribution in [1.82, 2.24) is 0 Å². The van der Waals surface area contributed by atoms with E-state index in [2.05, 4.69) is 4.74 Å². The van der Waals surface area contributed by atoms with Gasteiger partial charge < -0.3 is 9.47 Å². The van der Waals surface area contributed by atoms with Gasteiger partial charge in [-0.25, -0.2) is 4.79 Å². The fourth-order valence-corrected chi connectivity index (χ4v) is 1.76. The SMILES string of the molecule is COC(=O)c1cccc(OCCCCCCCl)c1. The third kappa shape index (κ3) is 5.41. The zero-order valence-electron chi connectivity index (χ0n) is 10.7. The number of carbonyl (C=O) groups is 1. The second-order valence-corrected chi connectivity index (χ2v) is 4.35. The zero-order valence-corrected chi connectivity index (χ0v) is 11.4. The highest BCUT2D eigenvalue weighted by atomic mass is 35.5. The van der Waals surface area contributed by atoms with E-state index < -0.39 is 0 Å². The molecule has 0 spiro atoms. The van der Waals surface area contributed by atoms with Crippen LogP contribution in [0, 0.1) is 0 Å². The fraction of sp³-hybridized carbons (Fsp3) is 0.500. The quantitative estimate of drug-likeness (QED) is 0.411. The van der Waals surface area contributed by atoms with E-state index in [9.17, 15) is 4.79 Å². The minimum atomic E-state index is -0.345. The van der Waals surface area contributed by atoms with E-state index in [4.69, 9.17) is 16.3 Å². The smallest absolute Gasteiger partial charge is 0.337 e. The summed E-state index contributed by atoms with van der Waals surface area (Å²) in [5, 5.41) is 0. The van der Waals surface area contributed by atoms with Gasteiger partial charge in [-0.05, 0) is 31.0 Å². The molecule has 0 atom stereocenters. The molecular weight excluding hydrogens is 252 g/mol. The molecule has 0 saturated carbocycles. The molecule has 3 nitrogen and oxygen atoms in total. The maximum Gasteiger partial charge on any atom is 0.337 e. The number of benzene rings is 1. The van der Waals surface area contributed by atoms with E-state index in [1.54, 1.807) is 18.2 Å². The Morgan fingerprint density at radius 1 is 1.22 bits per heavy atom. The van der Waals surface area contributed by atoms with Crippen molar-refractivity contribution in [2.45, 2.75) is 25.7 Å². The molecule has 0 heterocycles. The van der Waals surface area contributed by atoms with Crippen LogP contribution in [0.2, 0.25) is 0 Å². The van der Waals surface area contributed by atoms with Crippen molar-refractivity contribution in [3.05, 3.63) is 29.8 Å². The summed E-state index contributed by atoms with van der Waals surface area (Å²) in [6.45, 7) is 0.660. The van der Waals surface area contributed by atoms with Gasteiger partial charge in [-0.15, -0.1) is 11.6 Å². The van der Waals surface area contributed by atoms with Crippen LogP contribution < -0.4 is 4.74 Å². The molecule has 1 aromatic carbocycles. The summed E-state index contributed by atoms with van der Waals surface area (Å²) >= 11 is 5.60. The minimum Gasteiger partial charge on any atom is -0.494 e. The Kier molecular flexibility index (Phi) is 7.26. The normalized spacial score (nSPS) is 10.1. The standard InChI is InChI=1S/C14H19ClO3/c1-17-14(16)12-7-6-8-13(11-12)18-10-5-3-2-4-9-15/h6-8,11H,2-5,9-10H2,1H3. The Morgan fingerprint density at radius 3 is 2.72 bits per heavy atom. The first kappa shape index (κ1) is 14.8. The van der Waals surface area contributed by atoms with Gasteiger partial charge in [0.1, 0.15) is 5.75 Å². The number of esters is 1. The molecule has 0 amide bonds.